The first-order valence-electron chi connectivity index (χ1n) is 9.63. The summed E-state index contributed by atoms with van der Waals surface area (Å²) < 4.78 is 10.1. The number of cyclic esters (lactones) is 2. The largest absolute Gasteiger partial charge is 0.419 e. The highest BCUT2D eigenvalue weighted by Gasteiger charge is 2.38. The van der Waals surface area contributed by atoms with Crippen LogP contribution in [0.3, 0.4) is 0 Å². The topological polar surface area (TPSA) is 108 Å². The number of benzene rings is 2. The lowest BCUT2D eigenvalue weighted by atomic mass is 10.1. The minimum absolute atomic E-state index is 0.0936. The number of carbonyl (C=O) groups excluding carboxylic acids is 2. The summed E-state index contributed by atoms with van der Waals surface area (Å²) in [5, 5.41) is 14.1. The minimum Gasteiger partial charge on any atom is -0.419 e. The molecule has 1 aliphatic heterocycles. The van der Waals surface area contributed by atoms with E-state index in [9.17, 15) is 19.7 Å². The highest BCUT2D eigenvalue weighted by molar-refractivity contribution is 7.99. The number of aryl methyl sites for hydroxylation is 1. The van der Waals surface area contributed by atoms with Crippen molar-refractivity contribution in [3.05, 3.63) is 76.0 Å². The summed E-state index contributed by atoms with van der Waals surface area (Å²) in [6.07, 6.45) is 2.97. The molecule has 3 rings (SSSR count). The molecule has 162 valence electrons. The van der Waals surface area contributed by atoms with Crippen LogP contribution < -0.4 is 5.32 Å². The molecule has 0 amide bonds. The Morgan fingerprint density at radius 3 is 2.42 bits per heavy atom. The Kier molecular flexibility index (Phi) is 6.96. The number of nitro benzene ring substituents is 1. The fraction of sp³-hybridized carbons (Fsp3) is 0.273. The van der Waals surface area contributed by atoms with Gasteiger partial charge in [0.15, 0.2) is 5.57 Å². The third-order valence-electron chi connectivity index (χ3n) is 4.32. The second-order valence-electron chi connectivity index (χ2n) is 7.29. The zero-order valence-electron chi connectivity index (χ0n) is 17.1. The lowest BCUT2D eigenvalue weighted by Gasteiger charge is -2.29. The van der Waals surface area contributed by atoms with E-state index in [1.54, 1.807) is 6.07 Å². The summed E-state index contributed by atoms with van der Waals surface area (Å²) in [5.74, 6) is -2.20. The predicted octanol–water partition coefficient (Wildman–Crippen LogP) is 4.45. The fourth-order valence-electron chi connectivity index (χ4n) is 2.90. The van der Waals surface area contributed by atoms with Crippen LogP contribution in [-0.4, -0.2) is 28.4 Å². The molecule has 1 N–H and O–H groups in total. The molecule has 1 aliphatic rings. The number of ether oxygens (including phenoxy) is 2. The van der Waals surface area contributed by atoms with Crippen LogP contribution >= 0.6 is 11.8 Å². The van der Waals surface area contributed by atoms with Crippen molar-refractivity contribution in [2.24, 2.45) is 0 Å². The van der Waals surface area contributed by atoms with Crippen molar-refractivity contribution < 1.29 is 24.0 Å². The number of nitrogens with zero attached hydrogens (tertiary/aromatic N) is 1. The summed E-state index contributed by atoms with van der Waals surface area (Å²) in [6.45, 7) is 2.91. The number of hydrogen-bond acceptors (Lipinski definition) is 8. The maximum Gasteiger partial charge on any atom is 0.350 e. The molecule has 8 nitrogen and oxygen atoms in total. The van der Waals surface area contributed by atoms with Crippen LogP contribution in [0.1, 0.15) is 25.8 Å². The highest BCUT2D eigenvalue weighted by atomic mass is 32.2. The van der Waals surface area contributed by atoms with Crippen molar-refractivity contribution in [1.82, 2.24) is 0 Å². The highest BCUT2D eigenvalue weighted by Crippen LogP contribution is 2.29. The van der Waals surface area contributed by atoms with Crippen molar-refractivity contribution in [1.29, 1.82) is 0 Å². The molecule has 1 fully saturated rings. The Morgan fingerprint density at radius 1 is 1.10 bits per heavy atom. The van der Waals surface area contributed by atoms with Gasteiger partial charge in [0.1, 0.15) is 0 Å². The molecule has 0 radical (unpaired) electrons. The van der Waals surface area contributed by atoms with E-state index in [0.717, 1.165) is 24.8 Å². The van der Waals surface area contributed by atoms with Crippen LogP contribution in [0.25, 0.3) is 0 Å². The third kappa shape index (κ3) is 6.32. The Hall–Kier alpha value is -3.33. The first kappa shape index (κ1) is 22.4. The Morgan fingerprint density at radius 2 is 1.77 bits per heavy atom. The average molecular weight is 442 g/mol. The van der Waals surface area contributed by atoms with Crippen molar-refractivity contribution >= 4 is 35.1 Å². The molecule has 2 aromatic carbocycles. The smallest absolute Gasteiger partial charge is 0.350 e. The number of esters is 2. The monoisotopic (exact) mass is 442 g/mol. The van der Waals surface area contributed by atoms with Crippen LogP contribution in [-0.2, 0) is 25.5 Å². The van der Waals surface area contributed by atoms with Crippen LogP contribution in [0.15, 0.2) is 65.2 Å². The first-order valence-corrected chi connectivity index (χ1v) is 10.6. The quantitative estimate of drug-likeness (QED) is 0.121. The number of carbonyl (C=O) groups is 2. The molecule has 0 unspecified atom stereocenters. The van der Waals surface area contributed by atoms with Crippen molar-refractivity contribution in [3.8, 4) is 0 Å². The number of non-ortho nitro benzene ring substituents is 1. The summed E-state index contributed by atoms with van der Waals surface area (Å²) in [7, 11) is 0. The molecule has 0 aliphatic carbocycles. The lowest BCUT2D eigenvalue weighted by molar-refractivity contribution is -0.385. The SMILES string of the molecule is CC1(C)OC(=O)C(=CNc2cc(SCCCc3ccccc3)cc([N+](=O)[O-])c2)C(=O)O1. The predicted molar refractivity (Wildman–Crippen MR) is 117 cm³/mol. The van der Waals surface area contributed by atoms with Crippen molar-refractivity contribution in [2.45, 2.75) is 37.4 Å². The maximum absolute atomic E-state index is 12.0. The molecular formula is C22H22N2O6S. The van der Waals surface area contributed by atoms with Crippen molar-refractivity contribution in [2.75, 3.05) is 11.1 Å². The molecule has 2 aromatic rings. The second kappa shape index (κ2) is 9.65. The minimum atomic E-state index is -1.33. The van der Waals surface area contributed by atoms with Gasteiger partial charge in [0.25, 0.3) is 11.5 Å². The molecule has 31 heavy (non-hydrogen) atoms. The molecule has 1 heterocycles. The van der Waals surface area contributed by atoms with Gasteiger partial charge < -0.3 is 14.8 Å². The number of hydrogen-bond donors (Lipinski definition) is 1. The van der Waals surface area contributed by atoms with Gasteiger partial charge in [-0.15, -0.1) is 11.8 Å². The number of thioether (sulfide) groups is 1. The zero-order valence-corrected chi connectivity index (χ0v) is 17.9. The molecule has 0 aromatic heterocycles. The standard InChI is InChI=1S/C22H22N2O6S/c1-22(2)29-20(25)19(21(26)30-22)14-23-16-11-17(24(27)28)13-18(12-16)31-10-6-9-15-7-4-3-5-8-15/h3-5,7-8,11-14,23H,6,9-10H2,1-2H3. The van der Waals surface area contributed by atoms with E-state index >= 15 is 0 Å². The van der Waals surface area contributed by atoms with Gasteiger partial charge in [-0.25, -0.2) is 9.59 Å². The van der Waals surface area contributed by atoms with Gasteiger partial charge >= 0.3 is 11.9 Å². The number of rotatable bonds is 8. The third-order valence-corrected chi connectivity index (χ3v) is 5.39. The zero-order chi connectivity index (χ0) is 22.4. The van der Waals surface area contributed by atoms with Gasteiger partial charge in [0.05, 0.1) is 4.92 Å². The van der Waals surface area contributed by atoms with E-state index < -0.39 is 22.6 Å². The van der Waals surface area contributed by atoms with Crippen LogP contribution in [0.2, 0.25) is 0 Å². The van der Waals surface area contributed by atoms with E-state index in [0.29, 0.717) is 10.6 Å². The molecule has 1 saturated heterocycles. The van der Waals surface area contributed by atoms with E-state index in [4.69, 9.17) is 9.47 Å². The molecule has 0 bridgehead atoms. The van der Waals surface area contributed by atoms with Gasteiger partial charge in [-0.1, -0.05) is 30.3 Å². The maximum atomic E-state index is 12.0. The van der Waals surface area contributed by atoms with Gasteiger partial charge in [0.2, 0.25) is 0 Å². The number of nitro groups is 1. The second-order valence-corrected chi connectivity index (χ2v) is 8.46. The van der Waals surface area contributed by atoms with E-state index in [1.165, 1.54) is 43.3 Å². The Bertz CT molecular complexity index is 998. The van der Waals surface area contributed by atoms with Crippen LogP contribution in [0.5, 0.6) is 0 Å². The normalized spacial score (nSPS) is 15.1. The van der Waals surface area contributed by atoms with Crippen LogP contribution in [0.4, 0.5) is 11.4 Å². The van der Waals surface area contributed by atoms with Crippen LogP contribution in [0, 0.1) is 10.1 Å². The number of nitrogens with one attached hydrogen (secondary N) is 1. The van der Waals surface area contributed by atoms with E-state index in [-0.39, 0.29) is 11.3 Å². The van der Waals surface area contributed by atoms with Gasteiger partial charge in [-0.05, 0) is 30.2 Å². The first-order chi connectivity index (χ1) is 14.7. The van der Waals surface area contributed by atoms with Crippen molar-refractivity contribution in [3.63, 3.8) is 0 Å². The lowest BCUT2D eigenvalue weighted by Crippen LogP contribution is -2.42. The van der Waals surface area contributed by atoms with E-state index in [2.05, 4.69) is 17.4 Å². The Balaban J connectivity index is 1.67. The molecule has 0 spiro atoms. The summed E-state index contributed by atoms with van der Waals surface area (Å²) >= 11 is 1.50. The molecule has 0 saturated carbocycles. The molecule has 9 heteroatoms. The summed E-state index contributed by atoms with van der Waals surface area (Å²) in [5.41, 5.74) is 1.20. The summed E-state index contributed by atoms with van der Waals surface area (Å²) in [4.78, 5) is 35.6. The van der Waals surface area contributed by atoms with Gasteiger partial charge in [-0.3, -0.25) is 10.1 Å². The Labute approximate surface area is 183 Å². The van der Waals surface area contributed by atoms with E-state index in [1.807, 2.05) is 18.2 Å². The fourth-order valence-corrected chi connectivity index (χ4v) is 3.84. The number of anilines is 1. The average Bonchev–Trinajstić information content (AvgIpc) is 2.70. The molecular weight excluding hydrogens is 420 g/mol. The molecule has 0 atom stereocenters. The van der Waals surface area contributed by atoms with Gasteiger partial charge in [0, 0.05) is 42.8 Å². The van der Waals surface area contributed by atoms with Gasteiger partial charge in [-0.2, -0.15) is 0 Å². The summed E-state index contributed by atoms with van der Waals surface area (Å²) in [6, 6.07) is 14.6.